The van der Waals surface area contributed by atoms with Crippen LogP contribution in [0.15, 0.2) is 96.1 Å². The molecule has 0 saturated heterocycles. The Bertz CT molecular complexity index is 2530. The highest BCUT2D eigenvalue weighted by molar-refractivity contribution is 6.11. The summed E-state index contributed by atoms with van der Waals surface area (Å²) < 4.78 is 68.7. The number of nitrogens with zero attached hydrogens (tertiary/aromatic N) is 4. The van der Waals surface area contributed by atoms with Crippen LogP contribution in [0.5, 0.6) is 0 Å². The number of nitriles is 4. The third-order valence-corrected chi connectivity index (χ3v) is 8.90. The molecule has 0 atom stereocenters. The quantitative estimate of drug-likeness (QED) is 0.138. The van der Waals surface area contributed by atoms with E-state index in [2.05, 4.69) is 0 Å². The lowest BCUT2D eigenvalue weighted by Gasteiger charge is -2.12. The molecule has 0 amide bonds. The number of hydrogen-bond donors (Lipinski definition) is 0. The predicted molar refractivity (Wildman–Crippen MR) is 172 cm³/mol. The van der Waals surface area contributed by atoms with Crippen molar-refractivity contribution >= 4 is 11.1 Å². The van der Waals surface area contributed by atoms with Gasteiger partial charge in [0.25, 0.3) is 0 Å². The molecule has 4 nitrogen and oxygen atoms in total. The fourth-order valence-corrected chi connectivity index (χ4v) is 6.64. The average molecular weight is 649 g/mol. The summed E-state index contributed by atoms with van der Waals surface area (Å²) in [6, 6.07) is 29.1. The largest absolute Gasteiger partial charge is 0.419 e. The van der Waals surface area contributed by atoms with E-state index in [4.69, 9.17) is 0 Å². The fourth-order valence-electron chi connectivity index (χ4n) is 6.64. The molecule has 0 saturated carbocycles. The molecule has 232 valence electrons. The number of halogens is 5. The third kappa shape index (κ3) is 4.77. The van der Waals surface area contributed by atoms with Crippen LogP contribution >= 0.6 is 0 Å². The molecule has 0 aromatic heterocycles. The summed E-state index contributed by atoms with van der Waals surface area (Å²) in [7, 11) is 0. The standard InChI is InChI=1S/C40H17F5N4/c1-20-10-21(4-8-36(20)41)22-2-6-27-29-14-34-30(15-33(29)38(31(27)11-22)25(16-46)17-47)28-7-3-23(12-32(28)39(34)26(18-48)19-49)24-5-9-37(42)35(13-24)40(43,44)45/h2-15H,1H3. The van der Waals surface area contributed by atoms with Gasteiger partial charge in [0.2, 0.25) is 0 Å². The second-order valence-corrected chi connectivity index (χ2v) is 11.6. The first-order valence-corrected chi connectivity index (χ1v) is 14.7. The van der Waals surface area contributed by atoms with E-state index in [-0.39, 0.29) is 28.1 Å². The maximum atomic E-state index is 14.1. The van der Waals surface area contributed by atoms with E-state index in [1.54, 1.807) is 49.4 Å². The van der Waals surface area contributed by atoms with Crippen molar-refractivity contribution in [1.29, 1.82) is 21.0 Å². The topological polar surface area (TPSA) is 95.2 Å². The lowest BCUT2D eigenvalue weighted by Crippen LogP contribution is -2.08. The summed E-state index contributed by atoms with van der Waals surface area (Å²) in [6.45, 7) is 1.65. The van der Waals surface area contributed by atoms with Gasteiger partial charge in [0, 0.05) is 11.1 Å². The Morgan fingerprint density at radius 3 is 1.29 bits per heavy atom. The Kier molecular flexibility index (Phi) is 7.02. The van der Waals surface area contributed by atoms with Crippen molar-refractivity contribution in [3.8, 4) is 68.8 Å². The molecule has 0 heterocycles. The summed E-state index contributed by atoms with van der Waals surface area (Å²) in [5.41, 5.74) is 5.81. The maximum absolute atomic E-state index is 14.1. The molecule has 5 aromatic rings. The summed E-state index contributed by atoms with van der Waals surface area (Å²) >= 11 is 0. The van der Waals surface area contributed by atoms with E-state index < -0.39 is 17.6 Å². The number of benzene rings is 5. The van der Waals surface area contributed by atoms with Crippen LogP contribution in [0, 0.1) is 63.9 Å². The van der Waals surface area contributed by atoms with Gasteiger partial charge in [0.1, 0.15) is 47.1 Å². The van der Waals surface area contributed by atoms with Crippen molar-refractivity contribution in [2.24, 2.45) is 0 Å². The van der Waals surface area contributed by atoms with Gasteiger partial charge < -0.3 is 0 Å². The zero-order chi connectivity index (χ0) is 34.8. The van der Waals surface area contributed by atoms with Gasteiger partial charge in [0.15, 0.2) is 0 Å². The van der Waals surface area contributed by atoms with E-state index >= 15 is 0 Å². The zero-order valence-electron chi connectivity index (χ0n) is 25.3. The SMILES string of the molecule is Cc1cc(-c2ccc3c(c2)C(=C(C#N)C#N)c2cc4c(cc2-3)C(=C(C#N)C#N)c2cc(-c3ccc(F)c(C(F)(F)F)c3)ccc2-4)ccc1F. The van der Waals surface area contributed by atoms with Crippen LogP contribution in [0.4, 0.5) is 22.0 Å². The van der Waals surface area contributed by atoms with Gasteiger partial charge in [-0.2, -0.15) is 34.2 Å². The monoisotopic (exact) mass is 648 g/mol. The first-order valence-electron chi connectivity index (χ1n) is 14.7. The van der Waals surface area contributed by atoms with Gasteiger partial charge in [-0.3, -0.25) is 0 Å². The Hall–Kier alpha value is -6.81. The second-order valence-electron chi connectivity index (χ2n) is 11.6. The van der Waals surface area contributed by atoms with Crippen LogP contribution < -0.4 is 0 Å². The summed E-state index contributed by atoms with van der Waals surface area (Å²) in [4.78, 5) is 0. The molecule has 5 aromatic carbocycles. The molecule has 0 aliphatic heterocycles. The Morgan fingerprint density at radius 2 is 0.857 bits per heavy atom. The van der Waals surface area contributed by atoms with Crippen molar-refractivity contribution < 1.29 is 22.0 Å². The minimum absolute atomic E-state index is 0.0868. The second kappa shape index (κ2) is 11.2. The maximum Gasteiger partial charge on any atom is 0.419 e. The smallest absolute Gasteiger partial charge is 0.207 e. The van der Waals surface area contributed by atoms with E-state index in [1.165, 1.54) is 12.1 Å². The molecule has 0 unspecified atom stereocenters. The van der Waals surface area contributed by atoms with Gasteiger partial charge in [-0.25, -0.2) is 8.78 Å². The Labute approximate surface area is 276 Å². The van der Waals surface area contributed by atoms with Crippen molar-refractivity contribution in [3.05, 3.63) is 141 Å². The Morgan fingerprint density at radius 1 is 0.469 bits per heavy atom. The van der Waals surface area contributed by atoms with Crippen LogP contribution in [-0.2, 0) is 6.18 Å². The van der Waals surface area contributed by atoms with E-state index in [0.717, 1.165) is 17.2 Å². The molecule has 0 spiro atoms. The van der Waals surface area contributed by atoms with Gasteiger partial charge in [-0.15, -0.1) is 0 Å². The number of rotatable bonds is 2. The number of allylic oxidation sites excluding steroid dienone is 2. The third-order valence-electron chi connectivity index (χ3n) is 8.90. The highest BCUT2D eigenvalue weighted by Crippen LogP contribution is 2.54. The number of fused-ring (bicyclic) bond motifs is 6. The minimum Gasteiger partial charge on any atom is -0.207 e. The highest BCUT2D eigenvalue weighted by atomic mass is 19.4. The van der Waals surface area contributed by atoms with E-state index in [0.29, 0.717) is 67.3 Å². The molecule has 7 rings (SSSR count). The number of aryl methyl sites for hydroxylation is 1. The van der Waals surface area contributed by atoms with Gasteiger partial charge in [-0.1, -0.05) is 36.4 Å². The molecule has 0 N–H and O–H groups in total. The predicted octanol–water partition coefficient (Wildman–Crippen LogP) is 10.3. The lowest BCUT2D eigenvalue weighted by molar-refractivity contribution is -0.139. The molecule has 2 aliphatic carbocycles. The zero-order valence-corrected chi connectivity index (χ0v) is 25.3. The Balaban J connectivity index is 1.46. The van der Waals surface area contributed by atoms with Crippen molar-refractivity contribution in [1.82, 2.24) is 0 Å². The summed E-state index contributed by atoms with van der Waals surface area (Å²) in [5, 5.41) is 40.0. The molecule has 49 heavy (non-hydrogen) atoms. The minimum atomic E-state index is -4.92. The van der Waals surface area contributed by atoms with Gasteiger partial charge in [0.05, 0.1) is 5.56 Å². The molecule has 0 fully saturated rings. The molecule has 9 heteroatoms. The van der Waals surface area contributed by atoms with E-state index in [1.807, 2.05) is 42.5 Å². The fraction of sp³-hybridized carbons (Fsp3) is 0.0500. The van der Waals surface area contributed by atoms with Crippen LogP contribution in [0.25, 0.3) is 55.7 Å². The average Bonchev–Trinajstić information content (AvgIpc) is 3.57. The number of hydrogen-bond acceptors (Lipinski definition) is 4. The van der Waals surface area contributed by atoms with Gasteiger partial charge >= 0.3 is 6.18 Å². The molecule has 0 radical (unpaired) electrons. The van der Waals surface area contributed by atoms with Crippen LogP contribution in [-0.4, -0.2) is 0 Å². The summed E-state index contributed by atoms with van der Waals surface area (Å²) in [6.07, 6.45) is -4.92. The van der Waals surface area contributed by atoms with Crippen LogP contribution in [0.2, 0.25) is 0 Å². The summed E-state index contributed by atoms with van der Waals surface area (Å²) in [5.74, 6) is -1.76. The van der Waals surface area contributed by atoms with Crippen molar-refractivity contribution in [3.63, 3.8) is 0 Å². The first kappa shape index (κ1) is 30.8. The normalized spacial score (nSPS) is 12.1. The number of alkyl halides is 3. The van der Waals surface area contributed by atoms with Crippen LogP contribution in [0.3, 0.4) is 0 Å². The molecule has 0 bridgehead atoms. The van der Waals surface area contributed by atoms with E-state index in [9.17, 15) is 43.0 Å². The molecular weight excluding hydrogens is 631 g/mol. The highest BCUT2D eigenvalue weighted by Gasteiger charge is 2.36. The van der Waals surface area contributed by atoms with Crippen LogP contribution in [0.1, 0.15) is 33.4 Å². The molecule has 2 aliphatic rings. The lowest BCUT2D eigenvalue weighted by atomic mass is 9.93. The first-order chi connectivity index (χ1) is 23.5. The molecular formula is C40H17F5N4. The van der Waals surface area contributed by atoms with Crippen molar-refractivity contribution in [2.75, 3.05) is 0 Å². The van der Waals surface area contributed by atoms with Crippen molar-refractivity contribution in [2.45, 2.75) is 13.1 Å². The van der Waals surface area contributed by atoms with Gasteiger partial charge in [-0.05, 0) is 128 Å².